The molecule has 1 aromatic heterocycles. The topological polar surface area (TPSA) is 67.1 Å². The molecule has 1 fully saturated rings. The fourth-order valence-electron chi connectivity index (χ4n) is 2.08. The molecule has 100 valence electrons. The SMILES string of the molecule is CCc1c(N)ncnc1NCCN1CCSCC1. The zero-order valence-corrected chi connectivity index (χ0v) is 11.7. The van der Waals surface area contributed by atoms with Gasteiger partial charge in [0.25, 0.3) is 0 Å². The number of nitrogens with two attached hydrogens (primary N) is 1. The maximum Gasteiger partial charge on any atom is 0.134 e. The van der Waals surface area contributed by atoms with Gasteiger partial charge < -0.3 is 11.1 Å². The van der Waals surface area contributed by atoms with E-state index in [0.717, 1.165) is 30.9 Å². The smallest absolute Gasteiger partial charge is 0.134 e. The zero-order chi connectivity index (χ0) is 12.8. The molecule has 0 spiro atoms. The Kier molecular flexibility index (Phi) is 5.07. The number of hydrogen-bond acceptors (Lipinski definition) is 6. The van der Waals surface area contributed by atoms with Crippen LogP contribution in [0.1, 0.15) is 12.5 Å². The van der Waals surface area contributed by atoms with E-state index in [0.29, 0.717) is 5.82 Å². The van der Waals surface area contributed by atoms with E-state index in [9.17, 15) is 0 Å². The van der Waals surface area contributed by atoms with E-state index in [1.165, 1.54) is 30.9 Å². The minimum Gasteiger partial charge on any atom is -0.383 e. The van der Waals surface area contributed by atoms with E-state index >= 15 is 0 Å². The van der Waals surface area contributed by atoms with Crippen LogP contribution >= 0.6 is 11.8 Å². The highest BCUT2D eigenvalue weighted by Gasteiger charge is 2.10. The number of hydrogen-bond donors (Lipinski definition) is 2. The lowest BCUT2D eigenvalue weighted by Gasteiger charge is -2.26. The minimum atomic E-state index is 0.587. The second-order valence-corrected chi connectivity index (χ2v) is 5.55. The van der Waals surface area contributed by atoms with Crippen LogP contribution in [-0.2, 0) is 6.42 Å². The maximum absolute atomic E-state index is 5.84. The van der Waals surface area contributed by atoms with Crippen molar-refractivity contribution in [3.63, 3.8) is 0 Å². The Hall–Kier alpha value is -1.01. The third-order valence-corrected chi connectivity index (χ3v) is 4.10. The van der Waals surface area contributed by atoms with Gasteiger partial charge in [-0.05, 0) is 6.42 Å². The molecule has 18 heavy (non-hydrogen) atoms. The molecule has 0 atom stereocenters. The van der Waals surface area contributed by atoms with Crippen LogP contribution in [0.3, 0.4) is 0 Å². The molecule has 2 rings (SSSR count). The second kappa shape index (κ2) is 6.80. The van der Waals surface area contributed by atoms with Crippen molar-refractivity contribution in [2.24, 2.45) is 0 Å². The summed E-state index contributed by atoms with van der Waals surface area (Å²) in [4.78, 5) is 10.8. The second-order valence-electron chi connectivity index (χ2n) is 4.32. The highest BCUT2D eigenvalue weighted by atomic mass is 32.2. The third-order valence-electron chi connectivity index (χ3n) is 3.16. The summed E-state index contributed by atoms with van der Waals surface area (Å²) in [6.07, 6.45) is 2.38. The van der Waals surface area contributed by atoms with Crippen LogP contribution in [-0.4, -0.2) is 52.6 Å². The van der Waals surface area contributed by atoms with Gasteiger partial charge in [0.1, 0.15) is 18.0 Å². The Balaban J connectivity index is 1.84. The summed E-state index contributed by atoms with van der Waals surface area (Å²) in [5.74, 6) is 3.97. The van der Waals surface area contributed by atoms with Crippen molar-refractivity contribution < 1.29 is 0 Å². The van der Waals surface area contributed by atoms with Crippen LogP contribution in [0.15, 0.2) is 6.33 Å². The lowest BCUT2D eigenvalue weighted by atomic mass is 10.2. The van der Waals surface area contributed by atoms with E-state index in [1.54, 1.807) is 0 Å². The van der Waals surface area contributed by atoms with Gasteiger partial charge in [-0.3, -0.25) is 4.90 Å². The Morgan fingerprint density at radius 3 is 2.89 bits per heavy atom. The van der Waals surface area contributed by atoms with Crippen LogP contribution < -0.4 is 11.1 Å². The molecule has 5 nitrogen and oxygen atoms in total. The zero-order valence-electron chi connectivity index (χ0n) is 10.9. The van der Waals surface area contributed by atoms with Crippen molar-refractivity contribution in [3.05, 3.63) is 11.9 Å². The number of anilines is 2. The summed E-state index contributed by atoms with van der Waals surface area (Å²) in [6, 6.07) is 0. The van der Waals surface area contributed by atoms with Gasteiger partial charge in [-0.1, -0.05) is 6.92 Å². The third kappa shape index (κ3) is 3.49. The van der Waals surface area contributed by atoms with Gasteiger partial charge in [-0.25, -0.2) is 9.97 Å². The average Bonchev–Trinajstić information content (AvgIpc) is 2.40. The van der Waals surface area contributed by atoms with Crippen LogP contribution in [0.4, 0.5) is 11.6 Å². The van der Waals surface area contributed by atoms with Crippen LogP contribution in [0.25, 0.3) is 0 Å². The van der Waals surface area contributed by atoms with E-state index in [-0.39, 0.29) is 0 Å². The molecule has 0 aliphatic carbocycles. The first-order valence-corrected chi connectivity index (χ1v) is 7.60. The lowest BCUT2D eigenvalue weighted by molar-refractivity contribution is 0.314. The molecule has 0 bridgehead atoms. The summed E-state index contributed by atoms with van der Waals surface area (Å²) in [7, 11) is 0. The predicted molar refractivity (Wildman–Crippen MR) is 78.1 cm³/mol. The van der Waals surface area contributed by atoms with Gasteiger partial charge in [0.15, 0.2) is 0 Å². The summed E-state index contributed by atoms with van der Waals surface area (Å²) in [6.45, 7) is 6.43. The van der Waals surface area contributed by atoms with Crippen molar-refractivity contribution >= 4 is 23.4 Å². The van der Waals surface area contributed by atoms with E-state index in [2.05, 4.69) is 27.1 Å². The first-order valence-electron chi connectivity index (χ1n) is 6.44. The highest BCUT2D eigenvalue weighted by molar-refractivity contribution is 7.99. The van der Waals surface area contributed by atoms with Crippen molar-refractivity contribution in [2.75, 3.05) is 48.7 Å². The normalized spacial score (nSPS) is 16.7. The Morgan fingerprint density at radius 2 is 2.17 bits per heavy atom. The number of thioether (sulfide) groups is 1. The number of rotatable bonds is 5. The molecular formula is C12H21N5S. The van der Waals surface area contributed by atoms with Crippen molar-refractivity contribution in [2.45, 2.75) is 13.3 Å². The molecule has 1 aromatic rings. The van der Waals surface area contributed by atoms with Crippen LogP contribution in [0.2, 0.25) is 0 Å². The molecule has 1 aliphatic rings. The molecule has 0 radical (unpaired) electrons. The molecule has 0 unspecified atom stereocenters. The molecule has 0 amide bonds. The van der Waals surface area contributed by atoms with Gasteiger partial charge in [0, 0.05) is 43.2 Å². The predicted octanol–water partition coefficient (Wildman–Crippen LogP) is 1.08. The van der Waals surface area contributed by atoms with Gasteiger partial charge in [0.2, 0.25) is 0 Å². The maximum atomic E-state index is 5.84. The Labute approximate surface area is 113 Å². The minimum absolute atomic E-state index is 0.587. The molecular weight excluding hydrogens is 246 g/mol. The summed E-state index contributed by atoms with van der Waals surface area (Å²) < 4.78 is 0. The monoisotopic (exact) mass is 267 g/mol. The van der Waals surface area contributed by atoms with Crippen molar-refractivity contribution in [3.8, 4) is 0 Å². The standard InChI is InChI=1S/C12H21N5S/c1-2-10-11(13)15-9-16-12(10)14-3-4-17-5-7-18-8-6-17/h9H,2-8H2,1H3,(H3,13,14,15,16). The van der Waals surface area contributed by atoms with Crippen molar-refractivity contribution in [1.82, 2.24) is 14.9 Å². The Bertz CT molecular complexity index is 379. The fraction of sp³-hybridized carbons (Fsp3) is 0.667. The molecule has 3 N–H and O–H groups in total. The molecule has 6 heteroatoms. The lowest BCUT2D eigenvalue weighted by Crippen LogP contribution is -2.36. The molecule has 0 aromatic carbocycles. The van der Waals surface area contributed by atoms with E-state index in [1.807, 2.05) is 11.8 Å². The molecule has 1 saturated heterocycles. The summed E-state index contributed by atoms with van der Waals surface area (Å²) in [5.41, 5.74) is 6.86. The quantitative estimate of drug-likeness (QED) is 0.832. The number of nitrogens with one attached hydrogen (secondary N) is 1. The van der Waals surface area contributed by atoms with Crippen LogP contribution in [0.5, 0.6) is 0 Å². The van der Waals surface area contributed by atoms with Crippen LogP contribution in [0, 0.1) is 0 Å². The van der Waals surface area contributed by atoms with Gasteiger partial charge >= 0.3 is 0 Å². The van der Waals surface area contributed by atoms with Crippen molar-refractivity contribution in [1.29, 1.82) is 0 Å². The molecule has 1 aliphatic heterocycles. The number of aromatic nitrogens is 2. The first-order chi connectivity index (χ1) is 8.81. The van der Waals surface area contributed by atoms with Gasteiger partial charge in [-0.2, -0.15) is 11.8 Å². The highest BCUT2D eigenvalue weighted by Crippen LogP contribution is 2.17. The molecule has 2 heterocycles. The fourth-order valence-corrected chi connectivity index (χ4v) is 3.06. The van der Waals surface area contributed by atoms with E-state index < -0.39 is 0 Å². The molecule has 0 saturated carbocycles. The number of nitrogen functional groups attached to an aromatic ring is 1. The largest absolute Gasteiger partial charge is 0.383 e. The average molecular weight is 267 g/mol. The summed E-state index contributed by atoms with van der Waals surface area (Å²) >= 11 is 2.04. The van der Waals surface area contributed by atoms with Gasteiger partial charge in [-0.15, -0.1) is 0 Å². The number of nitrogens with zero attached hydrogens (tertiary/aromatic N) is 3. The van der Waals surface area contributed by atoms with Gasteiger partial charge in [0.05, 0.1) is 0 Å². The van der Waals surface area contributed by atoms with E-state index in [4.69, 9.17) is 5.73 Å². The summed E-state index contributed by atoms with van der Waals surface area (Å²) in [5, 5.41) is 3.37. The first kappa shape index (κ1) is 13.4. The Morgan fingerprint density at radius 1 is 1.39 bits per heavy atom.